The first kappa shape index (κ1) is 13.6. The van der Waals surface area contributed by atoms with Gasteiger partial charge in [-0.3, -0.25) is 4.79 Å². The minimum absolute atomic E-state index is 0.0603. The van der Waals surface area contributed by atoms with Crippen LogP contribution in [0, 0.1) is 12.7 Å². The van der Waals surface area contributed by atoms with Crippen molar-refractivity contribution in [1.29, 1.82) is 0 Å². The fraction of sp³-hybridized carbons (Fsp3) is 0.167. The quantitative estimate of drug-likeness (QED) is 0.649. The average Bonchev–Trinajstić information content (AvgIpc) is 2.89. The van der Waals surface area contributed by atoms with E-state index in [-0.39, 0.29) is 11.6 Å². The summed E-state index contributed by atoms with van der Waals surface area (Å²) in [4.78, 5) is 12.2. The first-order valence-corrected chi connectivity index (χ1v) is 6.90. The molecule has 21 heavy (non-hydrogen) atoms. The topological polar surface area (TPSA) is 30.2 Å². The Labute approximate surface area is 122 Å². The molecular formula is C18H15FO2. The van der Waals surface area contributed by atoms with Crippen molar-refractivity contribution in [2.24, 2.45) is 0 Å². The van der Waals surface area contributed by atoms with Gasteiger partial charge >= 0.3 is 0 Å². The van der Waals surface area contributed by atoms with E-state index < -0.39 is 0 Å². The van der Waals surface area contributed by atoms with Crippen molar-refractivity contribution in [2.45, 2.75) is 19.8 Å². The van der Waals surface area contributed by atoms with E-state index in [2.05, 4.69) is 0 Å². The number of benzene rings is 2. The summed E-state index contributed by atoms with van der Waals surface area (Å²) in [6.45, 7) is 2.03. The Morgan fingerprint density at radius 2 is 1.95 bits per heavy atom. The molecule has 0 amide bonds. The Kier molecular flexibility index (Phi) is 3.57. The van der Waals surface area contributed by atoms with Gasteiger partial charge in [0.25, 0.3) is 0 Å². The highest BCUT2D eigenvalue weighted by atomic mass is 19.1. The highest BCUT2D eigenvalue weighted by molar-refractivity contribution is 5.97. The number of fused-ring (bicyclic) bond motifs is 1. The van der Waals surface area contributed by atoms with Crippen LogP contribution in [0.15, 0.2) is 52.9 Å². The van der Waals surface area contributed by atoms with Crippen LogP contribution in [0.3, 0.4) is 0 Å². The second-order valence-electron chi connectivity index (χ2n) is 5.14. The fourth-order valence-corrected chi connectivity index (χ4v) is 2.41. The second kappa shape index (κ2) is 5.52. The summed E-state index contributed by atoms with van der Waals surface area (Å²) in [6, 6.07) is 13.9. The van der Waals surface area contributed by atoms with Crippen LogP contribution in [0.2, 0.25) is 0 Å². The minimum atomic E-state index is -0.331. The maximum absolute atomic E-state index is 13.1. The first-order chi connectivity index (χ1) is 10.1. The summed E-state index contributed by atoms with van der Waals surface area (Å²) in [6.07, 6.45) is 1.06. The lowest BCUT2D eigenvalue weighted by atomic mass is 10.0. The SMILES string of the molecule is Cc1ccccc1CCC(=O)c1cc2cc(F)ccc2o1. The molecule has 0 aliphatic carbocycles. The molecule has 0 unspecified atom stereocenters. The normalized spacial score (nSPS) is 11.0. The standard InChI is InChI=1S/C18H15FO2/c1-12-4-2-3-5-13(12)6-8-16(20)18-11-14-10-15(19)7-9-17(14)21-18/h2-5,7,9-11H,6,8H2,1H3. The molecule has 0 bridgehead atoms. The summed E-state index contributed by atoms with van der Waals surface area (Å²) in [5, 5.41) is 0.620. The molecule has 1 aromatic heterocycles. The van der Waals surface area contributed by atoms with Crippen molar-refractivity contribution < 1.29 is 13.6 Å². The molecule has 0 atom stereocenters. The predicted octanol–water partition coefficient (Wildman–Crippen LogP) is 4.70. The number of ketones is 1. The average molecular weight is 282 g/mol. The third-order valence-electron chi connectivity index (χ3n) is 3.64. The Bertz CT molecular complexity index is 802. The molecule has 0 fully saturated rings. The number of carbonyl (C=O) groups is 1. The number of furan rings is 1. The van der Waals surface area contributed by atoms with Crippen LogP contribution in [-0.4, -0.2) is 5.78 Å². The van der Waals surface area contributed by atoms with Crippen LogP contribution in [0.5, 0.6) is 0 Å². The molecule has 2 aromatic carbocycles. The van der Waals surface area contributed by atoms with E-state index in [9.17, 15) is 9.18 Å². The number of rotatable bonds is 4. The third kappa shape index (κ3) is 2.87. The molecule has 106 valence electrons. The predicted molar refractivity (Wildman–Crippen MR) is 80.0 cm³/mol. The summed E-state index contributed by atoms with van der Waals surface area (Å²) in [7, 11) is 0. The lowest BCUT2D eigenvalue weighted by Gasteiger charge is -2.03. The molecule has 0 spiro atoms. The summed E-state index contributed by atoms with van der Waals surface area (Å²) in [5.41, 5.74) is 2.88. The third-order valence-corrected chi connectivity index (χ3v) is 3.64. The van der Waals surface area contributed by atoms with Gasteiger partial charge in [-0.2, -0.15) is 0 Å². The van der Waals surface area contributed by atoms with Gasteiger partial charge in [-0.1, -0.05) is 24.3 Å². The maximum atomic E-state index is 13.1. The van der Waals surface area contributed by atoms with E-state index in [1.165, 1.54) is 17.7 Å². The maximum Gasteiger partial charge on any atom is 0.198 e. The Morgan fingerprint density at radius 3 is 2.76 bits per heavy atom. The molecule has 0 aliphatic rings. The summed E-state index contributed by atoms with van der Waals surface area (Å²) >= 11 is 0. The summed E-state index contributed by atoms with van der Waals surface area (Å²) in [5.74, 6) is -0.0961. The monoisotopic (exact) mass is 282 g/mol. The highest BCUT2D eigenvalue weighted by Crippen LogP contribution is 2.22. The van der Waals surface area contributed by atoms with Gasteiger partial charge < -0.3 is 4.42 Å². The van der Waals surface area contributed by atoms with Crippen molar-refractivity contribution >= 4 is 16.8 Å². The Balaban J connectivity index is 1.76. The number of carbonyl (C=O) groups excluding carboxylic acids is 1. The van der Waals surface area contributed by atoms with Gasteiger partial charge in [0, 0.05) is 11.8 Å². The zero-order valence-corrected chi connectivity index (χ0v) is 11.7. The number of aryl methyl sites for hydroxylation is 2. The van der Waals surface area contributed by atoms with Gasteiger partial charge in [-0.25, -0.2) is 4.39 Å². The van der Waals surface area contributed by atoms with Gasteiger partial charge in [0.15, 0.2) is 11.5 Å². The smallest absolute Gasteiger partial charge is 0.198 e. The van der Waals surface area contributed by atoms with Crippen molar-refractivity contribution in [2.75, 3.05) is 0 Å². The molecule has 0 aliphatic heterocycles. The van der Waals surface area contributed by atoms with Gasteiger partial charge in [0.1, 0.15) is 11.4 Å². The van der Waals surface area contributed by atoms with E-state index >= 15 is 0 Å². The molecule has 0 saturated heterocycles. The molecule has 1 heterocycles. The zero-order chi connectivity index (χ0) is 14.8. The van der Waals surface area contributed by atoms with E-state index in [1.807, 2.05) is 31.2 Å². The van der Waals surface area contributed by atoms with Crippen molar-refractivity contribution in [1.82, 2.24) is 0 Å². The molecule has 3 aromatic rings. The van der Waals surface area contributed by atoms with Crippen molar-refractivity contribution in [3.05, 3.63) is 71.2 Å². The minimum Gasteiger partial charge on any atom is -0.453 e. The molecule has 0 N–H and O–H groups in total. The lowest BCUT2D eigenvalue weighted by Crippen LogP contribution is -2.00. The molecule has 2 nitrogen and oxygen atoms in total. The van der Waals surface area contributed by atoms with E-state index in [0.29, 0.717) is 29.6 Å². The van der Waals surface area contributed by atoms with E-state index in [4.69, 9.17) is 4.42 Å². The van der Waals surface area contributed by atoms with Gasteiger partial charge in [0.2, 0.25) is 0 Å². The molecule has 3 heteroatoms. The van der Waals surface area contributed by atoms with Crippen molar-refractivity contribution in [3.8, 4) is 0 Å². The number of Topliss-reactive ketones (excluding diaryl/α,β-unsaturated/α-hetero) is 1. The second-order valence-corrected chi connectivity index (χ2v) is 5.14. The molecular weight excluding hydrogens is 267 g/mol. The van der Waals surface area contributed by atoms with Gasteiger partial charge in [-0.15, -0.1) is 0 Å². The van der Waals surface area contributed by atoms with E-state index in [0.717, 1.165) is 5.56 Å². The Hall–Kier alpha value is -2.42. The van der Waals surface area contributed by atoms with Gasteiger partial charge in [0.05, 0.1) is 0 Å². The highest BCUT2D eigenvalue weighted by Gasteiger charge is 2.13. The lowest BCUT2D eigenvalue weighted by molar-refractivity contribution is 0.0958. The van der Waals surface area contributed by atoms with Crippen LogP contribution < -0.4 is 0 Å². The summed E-state index contributed by atoms with van der Waals surface area (Å²) < 4.78 is 18.6. The molecule has 0 radical (unpaired) electrons. The number of hydrogen-bond acceptors (Lipinski definition) is 2. The zero-order valence-electron chi connectivity index (χ0n) is 11.7. The number of hydrogen-bond donors (Lipinski definition) is 0. The molecule has 0 saturated carbocycles. The number of halogens is 1. The van der Waals surface area contributed by atoms with Crippen LogP contribution >= 0.6 is 0 Å². The van der Waals surface area contributed by atoms with Crippen LogP contribution in [0.1, 0.15) is 28.1 Å². The van der Waals surface area contributed by atoms with Crippen molar-refractivity contribution in [3.63, 3.8) is 0 Å². The first-order valence-electron chi connectivity index (χ1n) is 6.90. The van der Waals surface area contributed by atoms with Crippen LogP contribution in [0.4, 0.5) is 4.39 Å². The largest absolute Gasteiger partial charge is 0.453 e. The Morgan fingerprint density at radius 1 is 1.14 bits per heavy atom. The van der Waals surface area contributed by atoms with Crippen LogP contribution in [-0.2, 0) is 6.42 Å². The van der Waals surface area contributed by atoms with Gasteiger partial charge in [-0.05, 0) is 48.7 Å². The molecule has 3 rings (SSSR count). The fourth-order valence-electron chi connectivity index (χ4n) is 2.41. The van der Waals surface area contributed by atoms with Crippen LogP contribution in [0.25, 0.3) is 11.0 Å². The van der Waals surface area contributed by atoms with E-state index in [1.54, 1.807) is 12.1 Å².